The predicted molar refractivity (Wildman–Crippen MR) is 100 cm³/mol. The number of rotatable bonds is 8. The Bertz CT molecular complexity index is 801. The molecule has 26 heavy (non-hydrogen) atoms. The third-order valence-corrected chi connectivity index (χ3v) is 4.02. The molecule has 138 valence electrons. The van der Waals surface area contributed by atoms with Crippen LogP contribution in [0.5, 0.6) is 23.0 Å². The fraction of sp³-hybridized carbons (Fsp3) is 0.250. The Morgan fingerprint density at radius 3 is 2.31 bits per heavy atom. The van der Waals surface area contributed by atoms with Crippen molar-refractivity contribution in [1.82, 2.24) is 0 Å². The fourth-order valence-corrected chi connectivity index (χ4v) is 2.64. The van der Waals surface area contributed by atoms with Crippen LogP contribution in [0.15, 0.2) is 43.0 Å². The summed E-state index contributed by atoms with van der Waals surface area (Å²) in [6, 6.07) is 8.95. The molecule has 2 aromatic rings. The van der Waals surface area contributed by atoms with Gasteiger partial charge in [0.05, 0.1) is 21.3 Å². The van der Waals surface area contributed by atoms with Crippen molar-refractivity contribution in [3.8, 4) is 23.0 Å². The van der Waals surface area contributed by atoms with Crippen molar-refractivity contribution in [1.29, 1.82) is 0 Å². The molecule has 0 spiro atoms. The number of phenols is 1. The van der Waals surface area contributed by atoms with Crippen LogP contribution in [0.4, 0.5) is 5.69 Å². The van der Waals surface area contributed by atoms with Crippen LogP contribution in [0, 0.1) is 0 Å². The lowest BCUT2D eigenvalue weighted by atomic mass is 10.0. The van der Waals surface area contributed by atoms with Crippen molar-refractivity contribution in [2.75, 3.05) is 26.6 Å². The van der Waals surface area contributed by atoms with Gasteiger partial charge in [-0.3, -0.25) is 4.79 Å². The topological polar surface area (TPSA) is 77.0 Å². The summed E-state index contributed by atoms with van der Waals surface area (Å²) in [5.74, 6) is 1.31. The minimum atomic E-state index is -0.345. The highest BCUT2D eigenvalue weighted by molar-refractivity contribution is 5.99. The van der Waals surface area contributed by atoms with Gasteiger partial charge in [0, 0.05) is 11.3 Å². The summed E-state index contributed by atoms with van der Waals surface area (Å²) < 4.78 is 15.7. The van der Waals surface area contributed by atoms with Crippen LogP contribution in [0.25, 0.3) is 0 Å². The van der Waals surface area contributed by atoms with Crippen molar-refractivity contribution in [2.24, 2.45) is 0 Å². The number of ether oxygens (including phenoxy) is 3. The van der Waals surface area contributed by atoms with Crippen molar-refractivity contribution in [2.45, 2.75) is 12.8 Å². The molecule has 0 aliphatic rings. The number of phenolic OH excluding ortho intramolecular Hbond substituents is 1. The number of nitrogens with one attached hydrogen (secondary N) is 1. The number of benzene rings is 2. The summed E-state index contributed by atoms with van der Waals surface area (Å²) in [4.78, 5) is 11.7. The largest absolute Gasteiger partial charge is 0.504 e. The molecule has 6 heteroatoms. The van der Waals surface area contributed by atoms with Gasteiger partial charge in [0.25, 0.3) is 0 Å². The molecule has 0 saturated carbocycles. The Morgan fingerprint density at radius 2 is 1.69 bits per heavy atom. The molecular weight excluding hydrogens is 334 g/mol. The molecule has 0 heterocycles. The molecule has 0 fully saturated rings. The standard InChI is InChI=1S/C20H23NO5/c1-5-19(22)21-15-9-11-17(25-3)20(23)14(15)8-6-13-7-10-16(24-2)18(12-13)26-4/h5,7,9-12,23H,1,6,8H2,2-4H3,(H,21,22). The summed E-state index contributed by atoms with van der Waals surface area (Å²) in [5, 5.41) is 13.2. The van der Waals surface area contributed by atoms with Gasteiger partial charge < -0.3 is 24.6 Å². The molecule has 0 aliphatic carbocycles. The first-order chi connectivity index (χ1) is 12.5. The number of carbonyl (C=O) groups excluding carboxylic acids is 1. The average molecular weight is 357 g/mol. The van der Waals surface area contributed by atoms with E-state index in [4.69, 9.17) is 14.2 Å². The maximum Gasteiger partial charge on any atom is 0.247 e. The van der Waals surface area contributed by atoms with E-state index in [2.05, 4.69) is 11.9 Å². The molecule has 1 amide bonds. The Hall–Kier alpha value is -3.15. The van der Waals surface area contributed by atoms with E-state index in [1.165, 1.54) is 13.2 Å². The van der Waals surface area contributed by atoms with Crippen LogP contribution >= 0.6 is 0 Å². The second-order valence-electron chi connectivity index (χ2n) is 5.53. The molecule has 2 rings (SSSR count). The van der Waals surface area contributed by atoms with E-state index < -0.39 is 0 Å². The molecular formula is C20H23NO5. The molecule has 0 bridgehead atoms. The zero-order valence-corrected chi connectivity index (χ0v) is 15.2. The zero-order valence-electron chi connectivity index (χ0n) is 15.2. The van der Waals surface area contributed by atoms with Crippen molar-refractivity contribution in [3.63, 3.8) is 0 Å². The maximum absolute atomic E-state index is 11.7. The highest BCUT2D eigenvalue weighted by atomic mass is 16.5. The molecule has 6 nitrogen and oxygen atoms in total. The monoisotopic (exact) mass is 357 g/mol. The lowest BCUT2D eigenvalue weighted by molar-refractivity contribution is -0.111. The summed E-state index contributed by atoms with van der Waals surface area (Å²) in [6.45, 7) is 3.45. The van der Waals surface area contributed by atoms with Gasteiger partial charge in [-0.15, -0.1) is 0 Å². The molecule has 0 atom stereocenters. The summed E-state index contributed by atoms with van der Waals surface area (Å²) in [6.07, 6.45) is 2.29. The number of carbonyl (C=O) groups is 1. The predicted octanol–water partition coefficient (Wildman–Crippen LogP) is 3.33. The molecule has 0 aliphatic heterocycles. The first kappa shape index (κ1) is 19.2. The highest BCUT2D eigenvalue weighted by Crippen LogP contribution is 2.36. The number of methoxy groups -OCH3 is 3. The van der Waals surface area contributed by atoms with Gasteiger partial charge in [0.2, 0.25) is 5.91 Å². The van der Waals surface area contributed by atoms with Crippen LogP contribution < -0.4 is 19.5 Å². The lowest BCUT2D eigenvalue weighted by Gasteiger charge is -2.15. The first-order valence-electron chi connectivity index (χ1n) is 8.07. The lowest BCUT2D eigenvalue weighted by Crippen LogP contribution is -2.10. The number of anilines is 1. The molecule has 0 unspecified atom stereocenters. The number of amides is 1. The van der Waals surface area contributed by atoms with E-state index in [1.807, 2.05) is 18.2 Å². The van der Waals surface area contributed by atoms with Crippen LogP contribution in [0.3, 0.4) is 0 Å². The van der Waals surface area contributed by atoms with Gasteiger partial charge in [0.15, 0.2) is 23.0 Å². The fourth-order valence-electron chi connectivity index (χ4n) is 2.64. The normalized spacial score (nSPS) is 10.1. The van der Waals surface area contributed by atoms with Crippen molar-refractivity contribution < 1.29 is 24.1 Å². The number of hydrogen-bond acceptors (Lipinski definition) is 5. The van der Waals surface area contributed by atoms with Gasteiger partial charge in [-0.1, -0.05) is 12.6 Å². The quantitative estimate of drug-likeness (QED) is 0.709. The van der Waals surface area contributed by atoms with E-state index >= 15 is 0 Å². The van der Waals surface area contributed by atoms with E-state index in [-0.39, 0.29) is 11.7 Å². The maximum atomic E-state index is 11.7. The average Bonchev–Trinajstić information content (AvgIpc) is 2.67. The SMILES string of the molecule is C=CC(=O)Nc1ccc(OC)c(O)c1CCc1ccc(OC)c(OC)c1. The minimum Gasteiger partial charge on any atom is -0.504 e. The summed E-state index contributed by atoms with van der Waals surface area (Å²) in [5.41, 5.74) is 2.12. The van der Waals surface area contributed by atoms with Gasteiger partial charge in [-0.2, -0.15) is 0 Å². The van der Waals surface area contributed by atoms with Crippen molar-refractivity contribution in [3.05, 3.63) is 54.1 Å². The molecule has 2 aromatic carbocycles. The number of hydrogen-bond donors (Lipinski definition) is 2. The first-order valence-corrected chi connectivity index (χ1v) is 8.07. The Kier molecular flexibility index (Phi) is 6.49. The second kappa shape index (κ2) is 8.80. The van der Waals surface area contributed by atoms with Crippen LogP contribution in [-0.2, 0) is 17.6 Å². The number of aryl methyl sites for hydroxylation is 1. The Labute approximate surface area is 153 Å². The molecule has 0 aromatic heterocycles. The molecule has 0 saturated heterocycles. The minimum absolute atomic E-state index is 0.00911. The van der Waals surface area contributed by atoms with E-state index in [0.29, 0.717) is 41.3 Å². The third kappa shape index (κ3) is 4.27. The molecule has 0 radical (unpaired) electrons. The van der Waals surface area contributed by atoms with Gasteiger partial charge >= 0.3 is 0 Å². The van der Waals surface area contributed by atoms with E-state index in [0.717, 1.165) is 5.56 Å². The van der Waals surface area contributed by atoms with Gasteiger partial charge in [0.1, 0.15) is 0 Å². The van der Waals surface area contributed by atoms with Gasteiger partial charge in [-0.05, 0) is 48.7 Å². The Balaban J connectivity index is 2.29. The molecule has 2 N–H and O–H groups in total. The van der Waals surface area contributed by atoms with Crippen LogP contribution in [0.1, 0.15) is 11.1 Å². The van der Waals surface area contributed by atoms with Crippen LogP contribution in [-0.4, -0.2) is 32.3 Å². The smallest absolute Gasteiger partial charge is 0.247 e. The highest BCUT2D eigenvalue weighted by Gasteiger charge is 2.15. The van der Waals surface area contributed by atoms with Crippen LogP contribution in [0.2, 0.25) is 0 Å². The van der Waals surface area contributed by atoms with Crippen molar-refractivity contribution >= 4 is 11.6 Å². The summed E-state index contributed by atoms with van der Waals surface area (Å²) in [7, 11) is 4.65. The third-order valence-electron chi connectivity index (χ3n) is 4.02. The number of aromatic hydroxyl groups is 1. The van der Waals surface area contributed by atoms with Gasteiger partial charge in [-0.25, -0.2) is 0 Å². The zero-order chi connectivity index (χ0) is 19.1. The van der Waals surface area contributed by atoms with E-state index in [1.54, 1.807) is 26.4 Å². The second-order valence-corrected chi connectivity index (χ2v) is 5.53. The Morgan fingerprint density at radius 1 is 1.04 bits per heavy atom. The summed E-state index contributed by atoms with van der Waals surface area (Å²) >= 11 is 0. The van der Waals surface area contributed by atoms with E-state index in [9.17, 15) is 9.90 Å².